The Morgan fingerprint density at radius 1 is 0.824 bits per heavy atom. The SMILES string of the molecule is Cc1ccc(C(=O)N(Cc2cccc(C)c2)c2ccc(CC(=O)NCc3ccco3)cc2)cc1. The van der Waals surface area contributed by atoms with Crippen LogP contribution in [-0.4, -0.2) is 11.8 Å². The Labute approximate surface area is 200 Å². The third kappa shape index (κ3) is 6.01. The third-order valence-corrected chi connectivity index (χ3v) is 5.62. The van der Waals surface area contributed by atoms with E-state index in [4.69, 9.17) is 4.42 Å². The van der Waals surface area contributed by atoms with Gasteiger partial charge in [0.15, 0.2) is 0 Å². The lowest BCUT2D eigenvalue weighted by atomic mass is 10.1. The molecular weight excluding hydrogens is 424 g/mol. The fourth-order valence-electron chi connectivity index (χ4n) is 3.77. The van der Waals surface area contributed by atoms with E-state index in [0.717, 1.165) is 27.9 Å². The van der Waals surface area contributed by atoms with Gasteiger partial charge in [-0.2, -0.15) is 0 Å². The molecule has 0 aliphatic carbocycles. The summed E-state index contributed by atoms with van der Waals surface area (Å²) in [5.74, 6) is 0.562. The van der Waals surface area contributed by atoms with E-state index in [2.05, 4.69) is 11.4 Å². The Hall–Kier alpha value is -4.12. The highest BCUT2D eigenvalue weighted by atomic mass is 16.3. The molecule has 5 heteroatoms. The van der Waals surface area contributed by atoms with E-state index in [1.807, 2.05) is 86.6 Å². The summed E-state index contributed by atoms with van der Waals surface area (Å²) < 4.78 is 5.25. The number of aryl methyl sites for hydroxylation is 2. The van der Waals surface area contributed by atoms with Crippen LogP contribution in [0.1, 0.15) is 38.4 Å². The second kappa shape index (κ2) is 10.7. The van der Waals surface area contributed by atoms with Gasteiger partial charge < -0.3 is 14.6 Å². The van der Waals surface area contributed by atoms with E-state index < -0.39 is 0 Å². The Morgan fingerprint density at radius 2 is 1.59 bits per heavy atom. The van der Waals surface area contributed by atoms with Crippen molar-refractivity contribution in [2.75, 3.05) is 4.90 Å². The number of furan rings is 1. The molecule has 0 atom stereocenters. The molecule has 0 saturated carbocycles. The quantitative estimate of drug-likeness (QED) is 0.378. The minimum atomic E-state index is -0.0866. The molecule has 1 heterocycles. The number of anilines is 1. The number of nitrogens with zero attached hydrogens (tertiary/aromatic N) is 1. The van der Waals surface area contributed by atoms with Crippen molar-refractivity contribution in [3.8, 4) is 0 Å². The van der Waals surface area contributed by atoms with E-state index in [0.29, 0.717) is 24.4 Å². The summed E-state index contributed by atoms with van der Waals surface area (Å²) in [6, 6.07) is 27.0. The van der Waals surface area contributed by atoms with Crippen molar-refractivity contribution in [1.29, 1.82) is 0 Å². The number of carbonyl (C=O) groups is 2. The zero-order valence-electron chi connectivity index (χ0n) is 19.5. The molecule has 5 nitrogen and oxygen atoms in total. The van der Waals surface area contributed by atoms with Crippen LogP contribution in [0, 0.1) is 13.8 Å². The first-order valence-corrected chi connectivity index (χ1v) is 11.3. The molecule has 0 bridgehead atoms. The topological polar surface area (TPSA) is 62.6 Å². The highest BCUT2D eigenvalue weighted by Crippen LogP contribution is 2.22. The van der Waals surface area contributed by atoms with Crippen LogP contribution in [0.25, 0.3) is 0 Å². The summed E-state index contributed by atoms with van der Waals surface area (Å²) in [5, 5.41) is 2.86. The lowest BCUT2D eigenvalue weighted by Crippen LogP contribution is -2.30. The normalized spacial score (nSPS) is 10.6. The second-order valence-corrected chi connectivity index (χ2v) is 8.45. The maximum Gasteiger partial charge on any atom is 0.258 e. The highest BCUT2D eigenvalue weighted by molar-refractivity contribution is 6.06. The largest absolute Gasteiger partial charge is 0.467 e. The average Bonchev–Trinajstić information content (AvgIpc) is 3.36. The molecule has 4 aromatic rings. The minimum absolute atomic E-state index is 0.0644. The minimum Gasteiger partial charge on any atom is -0.467 e. The first-order chi connectivity index (χ1) is 16.5. The van der Waals surface area contributed by atoms with Crippen LogP contribution in [0.15, 0.2) is 95.6 Å². The van der Waals surface area contributed by atoms with Crippen LogP contribution in [0.5, 0.6) is 0 Å². The van der Waals surface area contributed by atoms with Crippen molar-refractivity contribution in [3.63, 3.8) is 0 Å². The van der Waals surface area contributed by atoms with Crippen LogP contribution in [-0.2, 0) is 24.3 Å². The number of amides is 2. The van der Waals surface area contributed by atoms with Gasteiger partial charge in [-0.1, -0.05) is 59.7 Å². The summed E-state index contributed by atoms with van der Waals surface area (Å²) in [6.45, 7) is 4.86. The number of nitrogens with one attached hydrogen (secondary N) is 1. The van der Waals surface area contributed by atoms with Gasteiger partial charge in [-0.3, -0.25) is 9.59 Å². The summed E-state index contributed by atoms with van der Waals surface area (Å²) in [4.78, 5) is 27.5. The number of rotatable bonds is 8. The monoisotopic (exact) mass is 452 g/mol. The average molecular weight is 453 g/mol. The Kier molecular flexibility index (Phi) is 7.23. The van der Waals surface area contributed by atoms with Gasteiger partial charge >= 0.3 is 0 Å². The molecule has 172 valence electrons. The molecule has 0 aliphatic heterocycles. The standard InChI is InChI=1S/C29H28N2O3/c1-21-8-12-25(13-9-21)29(33)31(20-24-6-3-5-22(2)17-24)26-14-10-23(11-15-26)18-28(32)30-19-27-7-4-16-34-27/h3-17H,18-20H2,1-2H3,(H,30,32). The fourth-order valence-corrected chi connectivity index (χ4v) is 3.77. The van der Waals surface area contributed by atoms with E-state index in [1.54, 1.807) is 17.2 Å². The van der Waals surface area contributed by atoms with Crippen molar-refractivity contribution in [2.45, 2.75) is 33.4 Å². The van der Waals surface area contributed by atoms with Crippen LogP contribution in [0.3, 0.4) is 0 Å². The zero-order chi connectivity index (χ0) is 23.9. The molecular formula is C29H28N2O3. The number of hydrogen-bond donors (Lipinski definition) is 1. The van der Waals surface area contributed by atoms with Gasteiger partial charge in [0.25, 0.3) is 5.91 Å². The molecule has 1 N–H and O–H groups in total. The third-order valence-electron chi connectivity index (χ3n) is 5.62. The second-order valence-electron chi connectivity index (χ2n) is 8.45. The van der Waals surface area contributed by atoms with E-state index in [-0.39, 0.29) is 18.2 Å². The number of hydrogen-bond acceptors (Lipinski definition) is 3. The van der Waals surface area contributed by atoms with Crippen LogP contribution in [0.4, 0.5) is 5.69 Å². The Bertz CT molecular complexity index is 1240. The highest BCUT2D eigenvalue weighted by Gasteiger charge is 2.19. The van der Waals surface area contributed by atoms with Gasteiger partial charge in [0.2, 0.25) is 5.91 Å². The molecule has 0 radical (unpaired) electrons. The summed E-state index contributed by atoms with van der Waals surface area (Å²) >= 11 is 0. The molecule has 0 spiro atoms. The lowest BCUT2D eigenvalue weighted by molar-refractivity contribution is -0.120. The predicted molar refractivity (Wildman–Crippen MR) is 134 cm³/mol. The number of carbonyl (C=O) groups excluding carboxylic acids is 2. The van der Waals surface area contributed by atoms with Crippen molar-refractivity contribution in [2.24, 2.45) is 0 Å². The van der Waals surface area contributed by atoms with Gasteiger partial charge in [0.05, 0.1) is 25.8 Å². The predicted octanol–water partition coefficient (Wildman–Crippen LogP) is 5.60. The van der Waals surface area contributed by atoms with Crippen molar-refractivity contribution >= 4 is 17.5 Å². The summed E-state index contributed by atoms with van der Waals surface area (Å²) in [6.07, 6.45) is 1.84. The molecule has 0 saturated heterocycles. The zero-order valence-corrected chi connectivity index (χ0v) is 19.5. The van der Waals surface area contributed by atoms with Crippen molar-refractivity contribution in [1.82, 2.24) is 5.32 Å². The van der Waals surface area contributed by atoms with Crippen LogP contribution in [0.2, 0.25) is 0 Å². The first kappa shape index (κ1) is 23.1. The lowest BCUT2D eigenvalue weighted by Gasteiger charge is -2.24. The van der Waals surface area contributed by atoms with E-state index in [1.165, 1.54) is 0 Å². The van der Waals surface area contributed by atoms with Gasteiger partial charge in [-0.15, -0.1) is 0 Å². The van der Waals surface area contributed by atoms with E-state index in [9.17, 15) is 9.59 Å². The molecule has 0 unspecified atom stereocenters. The van der Waals surface area contributed by atoms with Crippen molar-refractivity contribution < 1.29 is 14.0 Å². The Balaban J connectivity index is 1.51. The summed E-state index contributed by atoms with van der Waals surface area (Å²) in [7, 11) is 0. The maximum atomic E-state index is 13.5. The molecule has 2 amide bonds. The molecule has 0 aliphatic rings. The van der Waals surface area contributed by atoms with Gasteiger partial charge in [0.1, 0.15) is 5.76 Å². The summed E-state index contributed by atoms with van der Waals surface area (Å²) in [5.41, 5.74) is 5.61. The van der Waals surface area contributed by atoms with Gasteiger partial charge in [-0.05, 0) is 61.4 Å². The first-order valence-electron chi connectivity index (χ1n) is 11.3. The Morgan fingerprint density at radius 3 is 2.26 bits per heavy atom. The van der Waals surface area contributed by atoms with Gasteiger partial charge in [0, 0.05) is 11.3 Å². The number of benzene rings is 3. The smallest absolute Gasteiger partial charge is 0.258 e. The molecule has 4 rings (SSSR count). The van der Waals surface area contributed by atoms with Gasteiger partial charge in [-0.25, -0.2) is 0 Å². The molecule has 34 heavy (non-hydrogen) atoms. The maximum absolute atomic E-state index is 13.5. The molecule has 0 fully saturated rings. The van der Waals surface area contributed by atoms with E-state index >= 15 is 0 Å². The molecule has 1 aromatic heterocycles. The van der Waals surface area contributed by atoms with Crippen LogP contribution >= 0.6 is 0 Å². The van der Waals surface area contributed by atoms with Crippen molar-refractivity contribution in [3.05, 3.63) is 125 Å². The fraction of sp³-hybridized carbons (Fsp3) is 0.172. The molecule has 3 aromatic carbocycles. The van der Waals surface area contributed by atoms with Crippen LogP contribution < -0.4 is 10.2 Å².